The second-order valence-electron chi connectivity index (χ2n) is 7.99. The maximum atomic E-state index is 13.2. The molecule has 0 aliphatic carbocycles. The molecule has 0 unspecified atom stereocenters. The van der Waals surface area contributed by atoms with Crippen molar-refractivity contribution in [3.63, 3.8) is 0 Å². The zero-order valence-electron chi connectivity index (χ0n) is 16.1. The minimum Gasteiger partial charge on any atom is -0.309 e. The number of rotatable bonds is 3. The van der Waals surface area contributed by atoms with Crippen molar-refractivity contribution in [1.82, 2.24) is 14.6 Å². The monoisotopic (exact) mass is 390 g/mol. The average Bonchev–Trinajstić information content (AvgIpc) is 2.88. The molecular weight excluding hydrogens is 369 g/mol. The van der Waals surface area contributed by atoms with E-state index in [1.54, 1.807) is 18.5 Å². The smallest absolute Gasteiger partial charge is 0.309 e. The number of fused-ring (bicyclic) bond motifs is 1. The lowest BCUT2D eigenvalue weighted by Crippen LogP contribution is -2.20. The lowest BCUT2D eigenvalue weighted by atomic mass is 9.92. The Morgan fingerprint density at radius 2 is 1.93 bits per heavy atom. The first-order valence-electron chi connectivity index (χ1n) is 8.76. The van der Waals surface area contributed by atoms with Crippen molar-refractivity contribution >= 4 is 17.4 Å². The van der Waals surface area contributed by atoms with Gasteiger partial charge in [-0.15, -0.1) is 5.10 Å². The summed E-state index contributed by atoms with van der Waals surface area (Å²) in [6.07, 6.45) is -0.915. The van der Waals surface area contributed by atoms with E-state index in [4.69, 9.17) is 0 Å². The van der Waals surface area contributed by atoms with Gasteiger partial charge in [0, 0.05) is 18.8 Å². The maximum Gasteiger partial charge on any atom is 0.416 e. The Labute approximate surface area is 160 Å². The fourth-order valence-corrected chi connectivity index (χ4v) is 2.89. The Bertz CT molecular complexity index is 1030. The van der Waals surface area contributed by atoms with Gasteiger partial charge < -0.3 is 5.32 Å². The molecule has 0 saturated heterocycles. The molecule has 0 aliphatic rings. The maximum absolute atomic E-state index is 13.2. The number of alkyl halides is 3. The number of hydrogen-bond acceptors (Lipinski definition) is 3. The highest BCUT2D eigenvalue weighted by Gasteiger charge is 2.31. The number of amides is 1. The molecule has 0 bridgehead atoms. The molecule has 0 radical (unpaired) electrons. The Morgan fingerprint density at radius 1 is 1.21 bits per heavy atom. The zero-order chi connectivity index (χ0) is 20.7. The van der Waals surface area contributed by atoms with Crippen LogP contribution in [-0.4, -0.2) is 20.5 Å². The minimum absolute atomic E-state index is 0.187. The average molecular weight is 390 g/mol. The fraction of sp³-hybridized carbons (Fsp3) is 0.350. The molecule has 5 nitrogen and oxygen atoms in total. The summed E-state index contributed by atoms with van der Waals surface area (Å²) >= 11 is 0. The molecule has 1 N–H and O–H groups in total. The summed E-state index contributed by atoms with van der Waals surface area (Å²) in [5, 5.41) is 7.09. The molecule has 0 aliphatic heterocycles. The standard InChI is InChI=1S/C20H21F3N4O/c1-12-10-24-18-16(13-6-5-7-14(8-13)20(21,22)23)17(26-27(18)11-12)25-15(28)9-19(2,3)4/h5-8,10-11H,9H2,1-4H3,(H,25,26,28). The normalized spacial score (nSPS) is 12.4. The van der Waals surface area contributed by atoms with Crippen LogP contribution in [-0.2, 0) is 11.0 Å². The van der Waals surface area contributed by atoms with Gasteiger partial charge in [0.2, 0.25) is 5.91 Å². The topological polar surface area (TPSA) is 59.3 Å². The Morgan fingerprint density at radius 3 is 2.57 bits per heavy atom. The molecule has 0 fully saturated rings. The van der Waals surface area contributed by atoms with Gasteiger partial charge >= 0.3 is 6.18 Å². The summed E-state index contributed by atoms with van der Waals surface area (Å²) in [6.45, 7) is 7.61. The highest BCUT2D eigenvalue weighted by molar-refractivity contribution is 5.98. The SMILES string of the molecule is Cc1cnc2c(-c3cccc(C(F)(F)F)c3)c(NC(=O)CC(C)(C)C)nn2c1. The summed E-state index contributed by atoms with van der Waals surface area (Å²) in [5.74, 6) is -0.0764. The molecule has 2 aromatic heterocycles. The van der Waals surface area contributed by atoms with Crippen LogP contribution in [0.4, 0.5) is 19.0 Å². The van der Waals surface area contributed by atoms with E-state index in [9.17, 15) is 18.0 Å². The van der Waals surface area contributed by atoms with Crippen LogP contribution in [0.1, 0.15) is 38.3 Å². The molecule has 1 amide bonds. The molecular formula is C20H21F3N4O. The lowest BCUT2D eigenvalue weighted by Gasteiger charge is -2.17. The molecule has 28 heavy (non-hydrogen) atoms. The van der Waals surface area contributed by atoms with E-state index in [2.05, 4.69) is 15.4 Å². The molecule has 2 heterocycles. The van der Waals surface area contributed by atoms with Crippen molar-refractivity contribution < 1.29 is 18.0 Å². The van der Waals surface area contributed by atoms with Crippen molar-refractivity contribution in [3.8, 4) is 11.1 Å². The summed E-state index contributed by atoms with van der Waals surface area (Å²) < 4.78 is 41.0. The highest BCUT2D eigenvalue weighted by Crippen LogP contribution is 2.36. The van der Waals surface area contributed by atoms with Crippen LogP contribution >= 0.6 is 0 Å². The number of halogens is 3. The van der Waals surface area contributed by atoms with Gasteiger partial charge in [-0.3, -0.25) is 4.79 Å². The number of aromatic nitrogens is 3. The Balaban J connectivity index is 2.13. The quantitative estimate of drug-likeness (QED) is 0.677. The molecule has 1 aromatic carbocycles. The third-order valence-corrected chi connectivity index (χ3v) is 4.03. The van der Waals surface area contributed by atoms with E-state index >= 15 is 0 Å². The predicted octanol–water partition coefficient (Wildman–Crippen LogP) is 5.10. The summed E-state index contributed by atoms with van der Waals surface area (Å²) in [7, 11) is 0. The summed E-state index contributed by atoms with van der Waals surface area (Å²) in [5.41, 5.74) is 0.826. The first kappa shape index (κ1) is 19.9. The van der Waals surface area contributed by atoms with Crippen LogP contribution in [0.15, 0.2) is 36.7 Å². The van der Waals surface area contributed by atoms with Gasteiger partial charge in [0.1, 0.15) is 0 Å². The number of nitrogens with one attached hydrogen (secondary N) is 1. The molecule has 0 atom stereocenters. The van der Waals surface area contributed by atoms with Gasteiger partial charge in [-0.25, -0.2) is 9.50 Å². The number of anilines is 1. The van der Waals surface area contributed by atoms with Gasteiger partial charge in [0.15, 0.2) is 11.5 Å². The van der Waals surface area contributed by atoms with Crippen molar-refractivity contribution in [2.75, 3.05) is 5.32 Å². The summed E-state index contributed by atoms with van der Waals surface area (Å²) in [6, 6.07) is 4.92. The van der Waals surface area contributed by atoms with Crippen molar-refractivity contribution in [1.29, 1.82) is 0 Å². The zero-order valence-corrected chi connectivity index (χ0v) is 16.1. The number of carbonyl (C=O) groups excluding carboxylic acids is 1. The largest absolute Gasteiger partial charge is 0.416 e. The van der Waals surface area contributed by atoms with E-state index in [0.29, 0.717) is 11.2 Å². The second-order valence-corrected chi connectivity index (χ2v) is 7.99. The fourth-order valence-electron chi connectivity index (χ4n) is 2.89. The van der Waals surface area contributed by atoms with Gasteiger partial charge in [-0.2, -0.15) is 13.2 Å². The Hall–Kier alpha value is -2.90. The van der Waals surface area contributed by atoms with Crippen LogP contribution in [0.3, 0.4) is 0 Å². The second kappa shape index (κ2) is 6.92. The van der Waals surface area contributed by atoms with E-state index in [1.807, 2.05) is 27.7 Å². The number of aryl methyl sites for hydroxylation is 1. The van der Waals surface area contributed by atoms with Gasteiger partial charge in [-0.05, 0) is 35.6 Å². The highest BCUT2D eigenvalue weighted by atomic mass is 19.4. The Kier molecular flexibility index (Phi) is 4.91. The van der Waals surface area contributed by atoms with Crippen molar-refractivity contribution in [2.24, 2.45) is 5.41 Å². The molecule has 0 spiro atoms. The molecule has 8 heteroatoms. The van der Waals surface area contributed by atoms with E-state index < -0.39 is 11.7 Å². The van der Waals surface area contributed by atoms with Crippen LogP contribution in [0.5, 0.6) is 0 Å². The molecule has 0 saturated carbocycles. The van der Waals surface area contributed by atoms with Crippen LogP contribution in [0.2, 0.25) is 0 Å². The van der Waals surface area contributed by atoms with Crippen LogP contribution in [0, 0.1) is 12.3 Å². The predicted molar refractivity (Wildman–Crippen MR) is 101 cm³/mol. The first-order valence-corrected chi connectivity index (χ1v) is 8.76. The van der Waals surface area contributed by atoms with Gasteiger partial charge in [0.25, 0.3) is 0 Å². The molecule has 3 aromatic rings. The third-order valence-electron chi connectivity index (χ3n) is 4.03. The molecule has 148 valence electrons. The van der Waals surface area contributed by atoms with E-state index in [0.717, 1.165) is 17.7 Å². The van der Waals surface area contributed by atoms with Crippen LogP contribution < -0.4 is 5.32 Å². The number of carbonyl (C=O) groups is 1. The number of nitrogens with zero attached hydrogens (tertiary/aromatic N) is 3. The van der Waals surface area contributed by atoms with Crippen molar-refractivity contribution in [2.45, 2.75) is 40.3 Å². The third kappa shape index (κ3) is 4.32. The van der Waals surface area contributed by atoms with Gasteiger partial charge in [0.05, 0.1) is 11.1 Å². The first-order chi connectivity index (χ1) is 12.9. The van der Waals surface area contributed by atoms with Crippen LogP contribution in [0.25, 0.3) is 16.8 Å². The number of benzene rings is 1. The van der Waals surface area contributed by atoms with E-state index in [1.165, 1.54) is 10.6 Å². The van der Waals surface area contributed by atoms with E-state index in [-0.39, 0.29) is 29.1 Å². The molecule has 3 rings (SSSR count). The van der Waals surface area contributed by atoms with Gasteiger partial charge in [-0.1, -0.05) is 32.9 Å². The lowest BCUT2D eigenvalue weighted by molar-refractivity contribution is -0.137. The van der Waals surface area contributed by atoms with Crippen molar-refractivity contribution in [3.05, 3.63) is 47.8 Å². The number of hydrogen-bond donors (Lipinski definition) is 1. The summed E-state index contributed by atoms with van der Waals surface area (Å²) in [4.78, 5) is 16.7. The minimum atomic E-state index is -4.47.